The van der Waals surface area contributed by atoms with Gasteiger partial charge in [0.15, 0.2) is 5.78 Å². The summed E-state index contributed by atoms with van der Waals surface area (Å²) in [5.41, 5.74) is 1.62. The van der Waals surface area contributed by atoms with E-state index >= 15 is 0 Å². The van der Waals surface area contributed by atoms with Gasteiger partial charge in [0.1, 0.15) is 0 Å². The summed E-state index contributed by atoms with van der Waals surface area (Å²) >= 11 is 0. The van der Waals surface area contributed by atoms with Crippen LogP contribution in [0.2, 0.25) is 0 Å². The Morgan fingerprint density at radius 3 is 2.21 bits per heavy atom. The normalized spacial score (nSPS) is 25.8. The summed E-state index contributed by atoms with van der Waals surface area (Å²) in [6, 6.07) is 0.654. The molecule has 0 aliphatic heterocycles. The van der Waals surface area contributed by atoms with Gasteiger partial charge in [0.2, 0.25) is 0 Å². The molecule has 1 N–H and O–H groups in total. The van der Waals surface area contributed by atoms with Gasteiger partial charge in [0, 0.05) is 6.04 Å². The van der Waals surface area contributed by atoms with E-state index in [1.807, 2.05) is 26.0 Å². The van der Waals surface area contributed by atoms with Gasteiger partial charge in [-0.2, -0.15) is 0 Å². The maximum Gasteiger partial charge on any atom is 0.183 e. The van der Waals surface area contributed by atoms with Crippen LogP contribution in [-0.2, 0) is 4.79 Å². The molecule has 0 spiro atoms. The molecule has 0 radical (unpaired) electrons. The zero-order valence-electron chi connectivity index (χ0n) is 9.05. The number of nitrogens with one attached hydrogen (secondary N) is 1. The second-order valence-corrected chi connectivity index (χ2v) is 4.69. The number of carbonyl (C=O) groups excluding carboxylic acids is 1. The minimum atomic E-state index is -0.108. The van der Waals surface area contributed by atoms with Crippen LogP contribution in [0.4, 0.5) is 0 Å². The number of carbonyl (C=O) groups is 1. The van der Waals surface area contributed by atoms with Gasteiger partial charge in [-0.1, -0.05) is 12.2 Å². The van der Waals surface area contributed by atoms with Gasteiger partial charge < -0.3 is 5.32 Å². The Kier molecular flexibility index (Phi) is 2.11. The van der Waals surface area contributed by atoms with Gasteiger partial charge in [0.25, 0.3) is 0 Å². The van der Waals surface area contributed by atoms with Crippen molar-refractivity contribution in [2.75, 3.05) is 0 Å². The average molecular weight is 191 g/mol. The van der Waals surface area contributed by atoms with Gasteiger partial charge in [-0.3, -0.25) is 4.79 Å². The number of rotatable bonds is 2. The zero-order chi connectivity index (χ0) is 10.3. The highest BCUT2D eigenvalue weighted by Crippen LogP contribution is 2.28. The Balaban J connectivity index is 2.22. The highest BCUT2D eigenvalue weighted by Gasteiger charge is 2.32. The fraction of sp³-hybridized carbons (Fsp3) is 0.583. The predicted octanol–water partition coefficient (Wildman–Crippen LogP) is 1.97. The molecular formula is C12H17NO. The third-order valence-corrected chi connectivity index (χ3v) is 2.84. The molecule has 0 amide bonds. The van der Waals surface area contributed by atoms with Crippen LogP contribution < -0.4 is 5.32 Å². The molecule has 2 rings (SSSR count). The summed E-state index contributed by atoms with van der Waals surface area (Å²) in [6.07, 6.45) is 6.62. The van der Waals surface area contributed by atoms with Crippen molar-refractivity contribution in [3.05, 3.63) is 23.3 Å². The minimum Gasteiger partial charge on any atom is -0.302 e. The fourth-order valence-corrected chi connectivity index (χ4v) is 2.13. The van der Waals surface area contributed by atoms with Crippen molar-refractivity contribution in [3.63, 3.8) is 0 Å². The highest BCUT2D eigenvalue weighted by atomic mass is 16.1. The number of allylic oxidation sites excluding steroid dienone is 2. The molecule has 0 aromatic rings. The minimum absolute atomic E-state index is 0.108. The van der Waals surface area contributed by atoms with Crippen molar-refractivity contribution < 1.29 is 4.79 Å². The summed E-state index contributed by atoms with van der Waals surface area (Å²) < 4.78 is 0. The van der Waals surface area contributed by atoms with Crippen LogP contribution in [0.15, 0.2) is 23.3 Å². The number of hydrogen-bond acceptors (Lipinski definition) is 2. The van der Waals surface area contributed by atoms with Crippen LogP contribution in [0, 0.1) is 0 Å². The third kappa shape index (κ3) is 1.80. The van der Waals surface area contributed by atoms with E-state index in [1.54, 1.807) is 0 Å². The second-order valence-electron chi connectivity index (χ2n) is 4.69. The largest absolute Gasteiger partial charge is 0.302 e. The predicted molar refractivity (Wildman–Crippen MR) is 57.1 cm³/mol. The summed E-state index contributed by atoms with van der Waals surface area (Å²) in [7, 11) is 0. The van der Waals surface area contributed by atoms with E-state index in [0.29, 0.717) is 6.04 Å². The van der Waals surface area contributed by atoms with Crippen molar-refractivity contribution in [2.24, 2.45) is 0 Å². The van der Waals surface area contributed by atoms with E-state index in [9.17, 15) is 4.79 Å². The molecule has 2 aliphatic rings. The maximum atomic E-state index is 11.5. The lowest BCUT2D eigenvalue weighted by Crippen LogP contribution is -2.42. The lowest BCUT2D eigenvalue weighted by Gasteiger charge is -2.29. The molecule has 0 unspecified atom stereocenters. The molecule has 0 aromatic heterocycles. The zero-order valence-corrected chi connectivity index (χ0v) is 9.05. The summed E-state index contributed by atoms with van der Waals surface area (Å²) in [4.78, 5) is 11.5. The summed E-state index contributed by atoms with van der Waals surface area (Å²) in [6.45, 7) is 5.92. The Bertz CT molecular complexity index is 312. The van der Waals surface area contributed by atoms with Crippen molar-refractivity contribution >= 4 is 5.78 Å². The van der Waals surface area contributed by atoms with Crippen LogP contribution >= 0.6 is 0 Å². The van der Waals surface area contributed by atoms with Crippen LogP contribution in [-0.4, -0.2) is 17.4 Å². The van der Waals surface area contributed by atoms with E-state index in [2.05, 4.69) is 12.2 Å². The molecule has 0 atom stereocenters. The molecule has 1 saturated carbocycles. The molecule has 0 aromatic carbocycles. The molecule has 2 nitrogen and oxygen atoms in total. The monoisotopic (exact) mass is 191 g/mol. The SMILES string of the molecule is CC1=CC(C)(NC2CC2)C=C(C)C1=O. The summed E-state index contributed by atoms with van der Waals surface area (Å²) in [5.74, 6) is 0.181. The third-order valence-electron chi connectivity index (χ3n) is 2.84. The standard InChI is InChI=1S/C12H17NO/c1-8-6-12(3,13-10-4-5-10)7-9(2)11(8)14/h6-7,10,13H,4-5H2,1-3H3. The number of Topliss-reactive ketones (excluding diaryl/α,β-unsaturated/α-hetero) is 1. The van der Waals surface area contributed by atoms with Gasteiger partial charge in [-0.05, 0) is 44.8 Å². The van der Waals surface area contributed by atoms with Crippen LogP contribution in [0.1, 0.15) is 33.6 Å². The highest BCUT2D eigenvalue weighted by molar-refractivity contribution is 6.08. The lowest BCUT2D eigenvalue weighted by atomic mass is 9.87. The Morgan fingerprint density at radius 2 is 1.79 bits per heavy atom. The van der Waals surface area contributed by atoms with E-state index in [0.717, 1.165) is 11.1 Å². The molecule has 0 bridgehead atoms. The molecule has 0 heterocycles. The van der Waals surface area contributed by atoms with Crippen molar-refractivity contribution in [2.45, 2.75) is 45.2 Å². The van der Waals surface area contributed by atoms with Crippen LogP contribution in [0.5, 0.6) is 0 Å². The van der Waals surface area contributed by atoms with Crippen molar-refractivity contribution in [1.82, 2.24) is 5.32 Å². The molecule has 76 valence electrons. The van der Waals surface area contributed by atoms with Crippen LogP contribution in [0.3, 0.4) is 0 Å². The van der Waals surface area contributed by atoms with Gasteiger partial charge >= 0.3 is 0 Å². The van der Waals surface area contributed by atoms with Gasteiger partial charge in [-0.15, -0.1) is 0 Å². The first-order chi connectivity index (χ1) is 6.50. The van der Waals surface area contributed by atoms with E-state index < -0.39 is 0 Å². The first-order valence-corrected chi connectivity index (χ1v) is 5.21. The molecular weight excluding hydrogens is 174 g/mol. The van der Waals surface area contributed by atoms with Gasteiger partial charge in [-0.25, -0.2) is 0 Å². The Morgan fingerprint density at radius 1 is 1.29 bits per heavy atom. The van der Waals surface area contributed by atoms with E-state index in [4.69, 9.17) is 0 Å². The van der Waals surface area contributed by atoms with Crippen LogP contribution in [0.25, 0.3) is 0 Å². The fourth-order valence-electron chi connectivity index (χ4n) is 2.13. The maximum absolute atomic E-state index is 11.5. The number of hydrogen-bond donors (Lipinski definition) is 1. The van der Waals surface area contributed by atoms with Crippen molar-refractivity contribution in [1.29, 1.82) is 0 Å². The first kappa shape index (κ1) is 9.66. The lowest BCUT2D eigenvalue weighted by molar-refractivity contribution is -0.112. The Hall–Kier alpha value is -0.890. The smallest absolute Gasteiger partial charge is 0.183 e. The average Bonchev–Trinajstić information content (AvgIpc) is 2.83. The van der Waals surface area contributed by atoms with Crippen molar-refractivity contribution in [3.8, 4) is 0 Å². The number of ketones is 1. The van der Waals surface area contributed by atoms with E-state index in [-0.39, 0.29) is 11.3 Å². The second kappa shape index (κ2) is 3.06. The first-order valence-electron chi connectivity index (χ1n) is 5.21. The molecule has 14 heavy (non-hydrogen) atoms. The van der Waals surface area contributed by atoms with Gasteiger partial charge in [0.05, 0.1) is 5.54 Å². The Labute approximate surface area is 85.1 Å². The molecule has 1 fully saturated rings. The quantitative estimate of drug-likeness (QED) is 0.723. The molecule has 0 saturated heterocycles. The topological polar surface area (TPSA) is 29.1 Å². The summed E-state index contributed by atoms with van der Waals surface area (Å²) in [5, 5.41) is 3.55. The van der Waals surface area contributed by atoms with E-state index in [1.165, 1.54) is 12.8 Å². The molecule has 2 aliphatic carbocycles. The molecule has 2 heteroatoms.